The molecule has 11 nitrogen and oxygen atoms in total. The number of hydrogen-bond acceptors (Lipinski definition) is 11. The smallest absolute Gasteiger partial charge is 0.117 e. The Morgan fingerprint density at radius 3 is 0.822 bits per heavy atom. The van der Waals surface area contributed by atoms with Gasteiger partial charge < -0.3 is 0 Å². The van der Waals surface area contributed by atoms with Crippen LogP contribution in [0.15, 0.2) is 0 Å². The molecule has 0 amide bonds. The van der Waals surface area contributed by atoms with E-state index in [1.54, 1.807) is 20.8 Å². The zero-order valence-corrected chi connectivity index (χ0v) is 92.4. The Labute approximate surface area is 798 Å². The molecule has 24 fully saturated rings. The van der Waals surface area contributed by atoms with Crippen LogP contribution in [-0.2, 0) is 0 Å². The summed E-state index contributed by atoms with van der Waals surface area (Å²) >= 11 is 0. The Morgan fingerprint density at radius 1 is 0.240 bits per heavy atom. The van der Waals surface area contributed by atoms with Crippen molar-refractivity contribution in [3.63, 3.8) is 0 Å². The molecule has 7 atom stereocenters. The van der Waals surface area contributed by atoms with E-state index in [9.17, 15) is 13.2 Å². The molecule has 5 spiro atoms. The number of hydrogen-bond donors (Lipinski definition) is 0. The largest absolute Gasteiger partial charge is 0.298 e. The lowest BCUT2D eigenvalue weighted by Crippen LogP contribution is -2.69. The van der Waals surface area contributed by atoms with Crippen LogP contribution in [0.2, 0.25) is 0 Å². The normalized spacial score (nSPS) is 36.0. The van der Waals surface area contributed by atoms with Crippen LogP contribution in [0.25, 0.3) is 0 Å². The molecule has 14 saturated heterocycles. The fraction of sp³-hybridized carbons (Fsp3) is 1.00. The van der Waals surface area contributed by atoms with E-state index in [0.29, 0.717) is 61.6 Å². The molecular weight excluding hydrogens is 1590 g/mol. The van der Waals surface area contributed by atoms with Crippen LogP contribution in [-0.4, -0.2) is 273 Å². The van der Waals surface area contributed by atoms with Gasteiger partial charge in [-0.1, -0.05) is 12.8 Å². The highest BCUT2D eigenvalue weighted by Gasteiger charge is 2.68. The van der Waals surface area contributed by atoms with E-state index in [-0.39, 0.29) is 22.0 Å². The standard InChI is InChI=1S/C12H22FN.C12H23N.C11H20FN.2C11H21N.C10H18FN.3C10H19N.2C9H17N/c1-10(2,3)14-7-5-12(6-8-14)9-11(12,4)13;1-11(2,3)13-9-8-12(10-13)6-4-5-7-12;1-9(2,3)13-7-11(8-13)5-10(4,12)6-11;1-11(2,3)12-8-9-4-6-10(12)7-5-9;1-10(2,3)12-8-6-11(4-5-11)7-9-12;1-9(2,3)12-5-7-8(6-12)10(7,4)11;1-10(2,3)11-7-8-4-5-9(11)6-8;1-9(2,3)11-7-6-10(8-11)4-5-10;1-10(2,3)11-8-4-5-9(11)7-6-8;1-9(2,3)10-5-7-4-8(7)6-10;1-9(2,3)10-6-7-4-8(10)5-7/h5-9H2,1-4H3;4-10H2,1-3H3;5-8H2,1-4H3;9-10H,4-8H2,1-3H3;4-9H2,1-3H3;7-8H,5-6H2,1-4H3;8-9H,4-7H2,1-3H3;4-8H2,1-3H3;8-9H,4-7H2,1-3H3;2*7-8H,4-6H2,1-3H3. The van der Waals surface area contributed by atoms with Crippen LogP contribution in [0.3, 0.4) is 0 Å². The summed E-state index contributed by atoms with van der Waals surface area (Å²) in [5.41, 5.74) is 4.31. The van der Waals surface area contributed by atoms with Crippen molar-refractivity contribution in [2.45, 2.75) is 556 Å². The van der Waals surface area contributed by atoms with Gasteiger partial charge in [0.05, 0.1) is 0 Å². The van der Waals surface area contributed by atoms with E-state index in [1.807, 2.05) is 0 Å². The summed E-state index contributed by atoms with van der Waals surface area (Å²) in [7, 11) is 0. The molecule has 8 bridgehead atoms. The highest BCUT2D eigenvalue weighted by Crippen LogP contribution is 2.66. The third-order valence-corrected chi connectivity index (χ3v) is 38.5. The zero-order chi connectivity index (χ0) is 95.7. The highest BCUT2D eigenvalue weighted by atomic mass is 19.2. The summed E-state index contributed by atoms with van der Waals surface area (Å²) in [5.74, 6) is 5.95. The van der Waals surface area contributed by atoms with Gasteiger partial charge in [-0.3, -0.25) is 53.9 Å². The summed E-state index contributed by atoms with van der Waals surface area (Å²) in [6.45, 7) is 103. The third kappa shape index (κ3) is 27.4. The summed E-state index contributed by atoms with van der Waals surface area (Å²) in [6, 6.07) is 4.65. The van der Waals surface area contributed by atoms with E-state index in [4.69, 9.17) is 0 Å². The van der Waals surface area contributed by atoms with Crippen molar-refractivity contribution in [1.29, 1.82) is 0 Å². The van der Waals surface area contributed by atoms with Gasteiger partial charge in [0.15, 0.2) is 0 Å². The SMILES string of the molecule is CC(C)(C)N1C2CCC1CC2.CC(C)(C)N1CC2CC1C2.CC(C)(C)N1CC2CC2C1.CC(C)(C)N1CC2CCC1C2.CC(C)(C)N1CC2CCC1CC2.CC(C)(C)N1CCC2(CC1)CC2.CC(C)(C)N1CCC2(CC1)CC2(C)F.CC(C)(C)N1CCC2(CC2)C1.CC(C)(C)N1CCC2(CCCC2)C1.CC1(F)C2CN(C(C)(C)C)CC21.CC1(F)CC2(CN(C(C)(C)C)C2)C1. The van der Waals surface area contributed by atoms with E-state index < -0.39 is 17.0 Å². The first-order valence-electron chi connectivity index (χ1n) is 55.2. The van der Waals surface area contributed by atoms with Gasteiger partial charge in [0.2, 0.25) is 0 Å². The summed E-state index contributed by atoms with van der Waals surface area (Å²) < 4.78 is 40.5. The minimum absolute atomic E-state index is 0.0642. The van der Waals surface area contributed by atoms with Gasteiger partial charge in [0.25, 0.3) is 0 Å². The minimum Gasteiger partial charge on any atom is -0.298 e. The molecule has 14 heterocycles. The van der Waals surface area contributed by atoms with E-state index >= 15 is 0 Å². The molecular formula is C115H216F3N11. The Kier molecular flexibility index (Phi) is 31.8. The fourth-order valence-electron chi connectivity index (χ4n) is 28.6. The van der Waals surface area contributed by atoms with Gasteiger partial charge in [-0.15, -0.1) is 0 Å². The molecule has 0 N–H and O–H groups in total. The molecule has 10 aliphatic carbocycles. The first-order chi connectivity index (χ1) is 58.8. The van der Waals surface area contributed by atoms with E-state index in [1.165, 1.54) is 239 Å². The van der Waals surface area contributed by atoms with Crippen LogP contribution < -0.4 is 0 Å². The highest BCUT2D eigenvalue weighted by molar-refractivity contribution is 5.19. The minimum atomic E-state index is -0.857. The molecule has 14 aliphatic heterocycles. The quantitative estimate of drug-likeness (QED) is 0.233. The maximum atomic E-state index is 13.7. The first kappa shape index (κ1) is 107. The topological polar surface area (TPSA) is 35.6 Å². The van der Waals surface area contributed by atoms with Crippen LogP contribution in [0, 0.1) is 68.5 Å². The lowest BCUT2D eigenvalue weighted by Gasteiger charge is -2.63. The van der Waals surface area contributed by atoms with Crippen LogP contribution in [0.5, 0.6) is 0 Å². The molecule has 129 heavy (non-hydrogen) atoms. The second kappa shape index (κ2) is 38.3. The average molecular weight is 1810 g/mol. The summed E-state index contributed by atoms with van der Waals surface area (Å²) in [5, 5.41) is 0. The van der Waals surface area contributed by atoms with Crippen molar-refractivity contribution < 1.29 is 13.2 Å². The van der Waals surface area contributed by atoms with E-state index in [2.05, 4.69) is 282 Å². The molecule has 0 aromatic heterocycles. The molecule has 10 saturated carbocycles. The molecule has 14 heteroatoms. The van der Waals surface area contributed by atoms with Crippen molar-refractivity contribution >= 4 is 0 Å². The van der Waals surface area contributed by atoms with Gasteiger partial charge in [-0.25, -0.2) is 13.2 Å². The van der Waals surface area contributed by atoms with Crippen molar-refractivity contribution in [1.82, 2.24) is 53.9 Å². The molecule has 24 aliphatic rings. The fourth-order valence-corrected chi connectivity index (χ4v) is 28.6. The van der Waals surface area contributed by atoms with Gasteiger partial charge >= 0.3 is 0 Å². The first-order valence-corrected chi connectivity index (χ1v) is 55.2. The van der Waals surface area contributed by atoms with Crippen LogP contribution in [0.4, 0.5) is 13.2 Å². The van der Waals surface area contributed by atoms with Gasteiger partial charge in [-0.2, -0.15) is 0 Å². The predicted octanol–water partition coefficient (Wildman–Crippen LogP) is 26.6. The third-order valence-electron chi connectivity index (χ3n) is 38.5. The van der Waals surface area contributed by atoms with Gasteiger partial charge in [0.1, 0.15) is 17.0 Å². The number of alkyl halides is 3. The molecule has 0 aromatic carbocycles. The second-order valence-electron chi connectivity index (χ2n) is 60.4. The Bertz CT molecular complexity index is 3460. The summed E-state index contributed by atoms with van der Waals surface area (Å²) in [4.78, 5) is 28.7. The number of halogens is 3. The van der Waals surface area contributed by atoms with Gasteiger partial charge in [-0.05, 0) is 521 Å². The number of piperidine rings is 7. The molecule has 752 valence electrons. The van der Waals surface area contributed by atoms with Crippen molar-refractivity contribution in [2.75, 3.05) is 111 Å². The Balaban J connectivity index is 0.000000129. The number of nitrogens with zero attached hydrogens (tertiary/aromatic N) is 11. The Morgan fingerprint density at radius 2 is 0.550 bits per heavy atom. The summed E-state index contributed by atoms with van der Waals surface area (Å²) in [6.07, 6.45) is 43.0. The molecule has 0 radical (unpaired) electrons. The van der Waals surface area contributed by atoms with Crippen molar-refractivity contribution in [3.8, 4) is 0 Å². The maximum absolute atomic E-state index is 13.7. The van der Waals surface area contributed by atoms with E-state index in [0.717, 1.165) is 147 Å². The number of rotatable bonds is 0. The number of likely N-dealkylation sites (tertiary alicyclic amines) is 8. The monoisotopic (exact) mass is 1810 g/mol. The zero-order valence-electron chi connectivity index (χ0n) is 92.4. The number of fused-ring (bicyclic) bond motifs is 10. The average Bonchev–Trinajstić information content (AvgIpc) is 1.68. The predicted molar refractivity (Wildman–Crippen MR) is 547 cm³/mol. The maximum Gasteiger partial charge on any atom is 0.117 e. The Hall–Kier alpha value is -0.650. The van der Waals surface area contributed by atoms with Crippen LogP contribution >= 0.6 is 0 Å². The second-order valence-corrected chi connectivity index (χ2v) is 60.4. The molecule has 7 unspecified atom stereocenters. The lowest BCUT2D eigenvalue weighted by atomic mass is 9.56. The van der Waals surface area contributed by atoms with Crippen molar-refractivity contribution in [3.05, 3.63) is 0 Å². The van der Waals surface area contributed by atoms with Crippen LogP contribution in [0.1, 0.15) is 448 Å². The van der Waals surface area contributed by atoms with Crippen molar-refractivity contribution in [2.24, 2.45) is 68.5 Å². The van der Waals surface area contributed by atoms with Gasteiger partial charge in [0, 0.05) is 186 Å². The molecule has 0 aromatic rings. The molecule has 24 rings (SSSR count). The lowest BCUT2D eigenvalue weighted by molar-refractivity contribution is -0.169.